The number of hydrogen-bond donors (Lipinski definition) is 2. The summed E-state index contributed by atoms with van der Waals surface area (Å²) in [6, 6.07) is 6.86. The molecule has 0 fully saturated rings. The van der Waals surface area contributed by atoms with Crippen LogP contribution >= 0.6 is 11.6 Å². The van der Waals surface area contributed by atoms with E-state index in [1.807, 2.05) is 0 Å². The lowest BCUT2D eigenvalue weighted by atomic mass is 10.3. The molecule has 2 N–H and O–H groups in total. The number of rotatable bonds is 7. The maximum Gasteiger partial charge on any atom is 0.260 e. The molecule has 0 spiro atoms. The number of aliphatic hydroxyl groups is 1. The van der Waals surface area contributed by atoms with Crippen LogP contribution in [0.4, 0.5) is 0 Å². The minimum absolute atomic E-state index is 0.146. The summed E-state index contributed by atoms with van der Waals surface area (Å²) in [5.74, 6) is 0.445. The van der Waals surface area contributed by atoms with Crippen LogP contribution in [0.2, 0.25) is 5.02 Å². The molecule has 18 heavy (non-hydrogen) atoms. The maximum absolute atomic E-state index is 11.7. The van der Waals surface area contributed by atoms with Crippen LogP contribution in [0.1, 0.15) is 19.8 Å². The zero-order valence-electron chi connectivity index (χ0n) is 10.4. The van der Waals surface area contributed by atoms with Crippen molar-refractivity contribution in [3.05, 3.63) is 29.3 Å². The number of benzene rings is 1. The van der Waals surface area contributed by atoms with E-state index in [0.29, 0.717) is 23.7 Å². The largest absolute Gasteiger partial charge is 0.481 e. The van der Waals surface area contributed by atoms with E-state index >= 15 is 0 Å². The van der Waals surface area contributed by atoms with E-state index in [1.54, 1.807) is 31.2 Å². The standard InChI is InChI=1S/C13H18ClNO3/c1-10(13(17)15-8-2-3-9-16)18-12-6-4-11(14)5-7-12/h4-7,10,16H,2-3,8-9H2,1H3,(H,15,17). The number of carbonyl (C=O) groups is 1. The lowest BCUT2D eigenvalue weighted by Gasteiger charge is -2.14. The van der Waals surface area contributed by atoms with Crippen LogP contribution in [0.3, 0.4) is 0 Å². The molecule has 0 radical (unpaired) electrons. The second kappa shape index (κ2) is 7.95. The molecule has 1 amide bonds. The van der Waals surface area contributed by atoms with Crippen LogP contribution < -0.4 is 10.1 Å². The summed E-state index contributed by atoms with van der Waals surface area (Å²) >= 11 is 5.75. The highest BCUT2D eigenvalue weighted by molar-refractivity contribution is 6.30. The molecule has 1 atom stereocenters. The van der Waals surface area contributed by atoms with Gasteiger partial charge in [0.1, 0.15) is 5.75 Å². The predicted molar refractivity (Wildman–Crippen MR) is 70.9 cm³/mol. The average molecular weight is 272 g/mol. The third-order valence-electron chi connectivity index (χ3n) is 2.38. The monoisotopic (exact) mass is 271 g/mol. The van der Waals surface area contributed by atoms with Crippen molar-refractivity contribution < 1.29 is 14.6 Å². The first kappa shape index (κ1) is 14.8. The van der Waals surface area contributed by atoms with Crippen molar-refractivity contribution in [2.45, 2.75) is 25.9 Å². The van der Waals surface area contributed by atoms with E-state index in [0.717, 1.165) is 6.42 Å². The minimum Gasteiger partial charge on any atom is -0.481 e. The number of nitrogens with one attached hydrogen (secondary N) is 1. The Kier molecular flexibility index (Phi) is 6.54. The maximum atomic E-state index is 11.7. The van der Waals surface area contributed by atoms with Gasteiger partial charge in [0.25, 0.3) is 5.91 Å². The molecule has 0 aromatic heterocycles. The molecule has 0 aliphatic heterocycles. The molecule has 1 unspecified atom stereocenters. The molecule has 5 heteroatoms. The van der Waals surface area contributed by atoms with Crippen LogP contribution in [0.15, 0.2) is 24.3 Å². The Balaban J connectivity index is 2.33. The summed E-state index contributed by atoms with van der Waals surface area (Å²) in [5.41, 5.74) is 0. The van der Waals surface area contributed by atoms with Crippen LogP contribution in [0.5, 0.6) is 5.75 Å². The van der Waals surface area contributed by atoms with Crippen LogP contribution in [-0.4, -0.2) is 30.3 Å². The molecule has 0 heterocycles. The summed E-state index contributed by atoms with van der Waals surface area (Å²) in [6.45, 7) is 2.39. The quantitative estimate of drug-likeness (QED) is 0.746. The number of unbranched alkanes of at least 4 members (excludes halogenated alkanes) is 1. The Bertz CT molecular complexity index is 367. The molecule has 0 bridgehead atoms. The smallest absolute Gasteiger partial charge is 0.260 e. The normalized spacial score (nSPS) is 11.9. The van der Waals surface area contributed by atoms with Gasteiger partial charge in [-0.25, -0.2) is 0 Å². The third-order valence-corrected chi connectivity index (χ3v) is 2.63. The molecule has 0 saturated heterocycles. The van der Waals surface area contributed by atoms with Crippen molar-refractivity contribution >= 4 is 17.5 Å². The van der Waals surface area contributed by atoms with E-state index < -0.39 is 6.10 Å². The molecular weight excluding hydrogens is 254 g/mol. The summed E-state index contributed by atoms with van der Waals surface area (Å²) < 4.78 is 5.47. The van der Waals surface area contributed by atoms with Gasteiger partial charge in [-0.3, -0.25) is 4.79 Å². The van der Waals surface area contributed by atoms with Gasteiger partial charge in [-0.05, 0) is 44.0 Å². The first-order valence-corrected chi connectivity index (χ1v) is 6.32. The highest BCUT2D eigenvalue weighted by Crippen LogP contribution is 2.16. The summed E-state index contributed by atoms with van der Waals surface area (Å²) in [4.78, 5) is 11.7. The van der Waals surface area contributed by atoms with Gasteiger partial charge in [0.15, 0.2) is 6.10 Å². The fourth-order valence-electron chi connectivity index (χ4n) is 1.36. The van der Waals surface area contributed by atoms with Gasteiger partial charge in [0.05, 0.1) is 0 Å². The Morgan fingerprint density at radius 3 is 2.67 bits per heavy atom. The summed E-state index contributed by atoms with van der Waals surface area (Å²) in [5, 5.41) is 12.0. The molecule has 1 aromatic carbocycles. The number of hydrogen-bond acceptors (Lipinski definition) is 3. The summed E-state index contributed by atoms with van der Waals surface area (Å²) in [6.07, 6.45) is 0.892. The second-order valence-electron chi connectivity index (χ2n) is 3.94. The van der Waals surface area contributed by atoms with Crippen LogP contribution in [0.25, 0.3) is 0 Å². The number of ether oxygens (including phenoxy) is 1. The Labute approximate surface area is 112 Å². The van der Waals surface area contributed by atoms with E-state index in [1.165, 1.54) is 0 Å². The minimum atomic E-state index is -0.555. The predicted octanol–water partition coefficient (Wildman–Crippen LogP) is 2.00. The number of carbonyl (C=O) groups excluding carboxylic acids is 1. The third kappa shape index (κ3) is 5.38. The van der Waals surface area contributed by atoms with Gasteiger partial charge >= 0.3 is 0 Å². The molecule has 4 nitrogen and oxygen atoms in total. The van der Waals surface area contributed by atoms with Crippen molar-refractivity contribution in [3.63, 3.8) is 0 Å². The van der Waals surface area contributed by atoms with Gasteiger partial charge in [-0.15, -0.1) is 0 Å². The Morgan fingerprint density at radius 2 is 2.06 bits per heavy atom. The fourth-order valence-corrected chi connectivity index (χ4v) is 1.49. The first-order chi connectivity index (χ1) is 8.63. The van der Waals surface area contributed by atoms with Crippen LogP contribution in [0, 0.1) is 0 Å². The number of aliphatic hydroxyl groups excluding tert-OH is 1. The van der Waals surface area contributed by atoms with E-state index in [4.69, 9.17) is 21.4 Å². The van der Waals surface area contributed by atoms with E-state index in [9.17, 15) is 4.79 Å². The highest BCUT2D eigenvalue weighted by atomic mass is 35.5. The zero-order valence-corrected chi connectivity index (χ0v) is 11.1. The van der Waals surface area contributed by atoms with E-state index in [-0.39, 0.29) is 12.5 Å². The van der Waals surface area contributed by atoms with Gasteiger partial charge in [0, 0.05) is 18.2 Å². The van der Waals surface area contributed by atoms with Crippen molar-refractivity contribution in [3.8, 4) is 5.75 Å². The molecular formula is C13H18ClNO3. The number of amides is 1. The van der Waals surface area contributed by atoms with Gasteiger partial charge in [0.2, 0.25) is 0 Å². The molecule has 0 saturated carbocycles. The Morgan fingerprint density at radius 1 is 1.39 bits per heavy atom. The first-order valence-electron chi connectivity index (χ1n) is 5.94. The fraction of sp³-hybridized carbons (Fsp3) is 0.462. The van der Waals surface area contributed by atoms with Gasteiger partial charge in [-0.2, -0.15) is 0 Å². The van der Waals surface area contributed by atoms with Crippen molar-refractivity contribution in [2.75, 3.05) is 13.2 Å². The summed E-state index contributed by atoms with van der Waals surface area (Å²) in [7, 11) is 0. The molecule has 100 valence electrons. The topological polar surface area (TPSA) is 58.6 Å². The number of halogens is 1. The van der Waals surface area contributed by atoms with Crippen molar-refractivity contribution in [2.24, 2.45) is 0 Å². The zero-order chi connectivity index (χ0) is 13.4. The Hall–Kier alpha value is -1.26. The molecule has 0 aliphatic rings. The van der Waals surface area contributed by atoms with Gasteiger partial charge in [-0.1, -0.05) is 11.6 Å². The average Bonchev–Trinajstić information content (AvgIpc) is 2.37. The molecule has 1 rings (SSSR count). The van der Waals surface area contributed by atoms with Gasteiger partial charge < -0.3 is 15.2 Å². The van der Waals surface area contributed by atoms with Crippen molar-refractivity contribution in [1.82, 2.24) is 5.32 Å². The van der Waals surface area contributed by atoms with Crippen molar-refractivity contribution in [1.29, 1.82) is 0 Å². The highest BCUT2D eigenvalue weighted by Gasteiger charge is 2.13. The molecule has 0 aliphatic carbocycles. The lowest BCUT2D eigenvalue weighted by Crippen LogP contribution is -2.36. The SMILES string of the molecule is CC(Oc1ccc(Cl)cc1)C(=O)NCCCCO. The lowest BCUT2D eigenvalue weighted by molar-refractivity contribution is -0.127. The van der Waals surface area contributed by atoms with Crippen LogP contribution in [-0.2, 0) is 4.79 Å². The second-order valence-corrected chi connectivity index (χ2v) is 4.37. The van der Waals surface area contributed by atoms with E-state index in [2.05, 4.69) is 5.32 Å². The molecule has 1 aromatic rings.